The summed E-state index contributed by atoms with van der Waals surface area (Å²) in [6.07, 6.45) is 2.44. The predicted molar refractivity (Wildman–Crippen MR) is 85.4 cm³/mol. The number of nitrogens with one attached hydrogen (secondary N) is 1. The van der Waals surface area contributed by atoms with Crippen molar-refractivity contribution in [2.24, 2.45) is 5.84 Å². The number of rotatable bonds is 6. The second-order valence-electron chi connectivity index (χ2n) is 5.63. The molecule has 1 saturated heterocycles. The standard InChI is InChI=1S/C16H25ClN2O2/c1-3-21-16(6-8-20-9-7-16)15(19-18)11-13-5-4-12(2)10-14(13)17/h4-5,10,15,19H,3,6-9,11,18H2,1-2H3. The molecule has 0 amide bonds. The molecule has 1 fully saturated rings. The number of hydrazine groups is 1. The number of aryl methyl sites for hydroxylation is 1. The monoisotopic (exact) mass is 312 g/mol. The summed E-state index contributed by atoms with van der Waals surface area (Å²) in [5.74, 6) is 5.83. The van der Waals surface area contributed by atoms with E-state index in [9.17, 15) is 0 Å². The number of benzene rings is 1. The van der Waals surface area contributed by atoms with Crippen molar-refractivity contribution in [1.82, 2.24) is 5.43 Å². The summed E-state index contributed by atoms with van der Waals surface area (Å²) in [7, 11) is 0. The molecule has 2 rings (SSSR count). The van der Waals surface area contributed by atoms with Gasteiger partial charge >= 0.3 is 0 Å². The van der Waals surface area contributed by atoms with Crippen molar-refractivity contribution in [3.8, 4) is 0 Å². The third-order valence-corrected chi connectivity index (χ3v) is 4.59. The lowest BCUT2D eigenvalue weighted by atomic mass is 9.83. The molecule has 3 N–H and O–H groups in total. The van der Waals surface area contributed by atoms with Gasteiger partial charge in [0, 0.05) is 37.7 Å². The molecule has 4 nitrogen and oxygen atoms in total. The van der Waals surface area contributed by atoms with E-state index in [0.717, 1.165) is 35.4 Å². The smallest absolute Gasteiger partial charge is 0.0895 e. The van der Waals surface area contributed by atoms with Gasteiger partial charge in [0.2, 0.25) is 0 Å². The minimum Gasteiger partial charge on any atom is -0.381 e. The van der Waals surface area contributed by atoms with Gasteiger partial charge in [-0.3, -0.25) is 11.3 Å². The average molecular weight is 313 g/mol. The van der Waals surface area contributed by atoms with Gasteiger partial charge in [0.05, 0.1) is 11.6 Å². The number of hydrogen-bond acceptors (Lipinski definition) is 4. The molecule has 1 heterocycles. The fourth-order valence-electron chi connectivity index (χ4n) is 3.03. The topological polar surface area (TPSA) is 56.5 Å². The summed E-state index contributed by atoms with van der Waals surface area (Å²) in [4.78, 5) is 0. The molecule has 0 aromatic heterocycles. The fraction of sp³-hybridized carbons (Fsp3) is 0.625. The Balaban J connectivity index is 2.20. The molecule has 0 spiro atoms. The molecule has 1 aliphatic rings. The van der Waals surface area contributed by atoms with Gasteiger partial charge in [-0.25, -0.2) is 0 Å². The van der Waals surface area contributed by atoms with Gasteiger partial charge in [-0.1, -0.05) is 23.7 Å². The quantitative estimate of drug-likeness (QED) is 0.626. The lowest BCUT2D eigenvalue weighted by molar-refractivity contribution is -0.126. The van der Waals surface area contributed by atoms with Crippen molar-refractivity contribution < 1.29 is 9.47 Å². The molecule has 21 heavy (non-hydrogen) atoms. The number of ether oxygens (including phenoxy) is 2. The highest BCUT2D eigenvalue weighted by atomic mass is 35.5. The van der Waals surface area contributed by atoms with Crippen LogP contribution < -0.4 is 11.3 Å². The first kappa shape index (κ1) is 16.7. The van der Waals surface area contributed by atoms with Crippen LogP contribution in [0.3, 0.4) is 0 Å². The molecule has 5 heteroatoms. The lowest BCUT2D eigenvalue weighted by Crippen LogP contribution is -2.58. The van der Waals surface area contributed by atoms with Crippen LogP contribution in [-0.4, -0.2) is 31.5 Å². The van der Waals surface area contributed by atoms with E-state index in [0.29, 0.717) is 19.8 Å². The van der Waals surface area contributed by atoms with E-state index in [-0.39, 0.29) is 11.6 Å². The van der Waals surface area contributed by atoms with Crippen LogP contribution >= 0.6 is 11.6 Å². The van der Waals surface area contributed by atoms with E-state index < -0.39 is 0 Å². The zero-order valence-corrected chi connectivity index (χ0v) is 13.6. The Morgan fingerprint density at radius 3 is 2.71 bits per heavy atom. The van der Waals surface area contributed by atoms with Crippen molar-refractivity contribution in [3.63, 3.8) is 0 Å². The Kier molecular flexibility index (Phi) is 6.02. The van der Waals surface area contributed by atoms with Crippen molar-refractivity contribution in [1.29, 1.82) is 0 Å². The molecular formula is C16H25ClN2O2. The van der Waals surface area contributed by atoms with Crippen LogP contribution in [0.5, 0.6) is 0 Å². The zero-order chi connectivity index (χ0) is 15.3. The third kappa shape index (κ3) is 3.96. The van der Waals surface area contributed by atoms with E-state index in [1.807, 2.05) is 19.9 Å². The van der Waals surface area contributed by atoms with E-state index in [2.05, 4.69) is 17.6 Å². The first-order valence-corrected chi connectivity index (χ1v) is 7.92. The highest BCUT2D eigenvalue weighted by Crippen LogP contribution is 2.32. The highest BCUT2D eigenvalue weighted by Gasteiger charge is 2.41. The van der Waals surface area contributed by atoms with Crippen molar-refractivity contribution in [2.75, 3.05) is 19.8 Å². The number of nitrogens with two attached hydrogens (primary N) is 1. The minimum absolute atomic E-state index is 0.0153. The van der Waals surface area contributed by atoms with Crippen LogP contribution in [0.25, 0.3) is 0 Å². The SMILES string of the molecule is CCOC1(C(Cc2ccc(C)cc2Cl)NN)CCOCC1. The molecule has 0 aliphatic carbocycles. The van der Waals surface area contributed by atoms with Gasteiger partial charge < -0.3 is 9.47 Å². The van der Waals surface area contributed by atoms with Crippen LogP contribution in [-0.2, 0) is 15.9 Å². The van der Waals surface area contributed by atoms with Crippen LogP contribution in [0.1, 0.15) is 30.9 Å². The first-order chi connectivity index (χ1) is 10.1. The van der Waals surface area contributed by atoms with Gasteiger partial charge in [-0.15, -0.1) is 0 Å². The molecule has 0 saturated carbocycles. The van der Waals surface area contributed by atoms with E-state index in [1.165, 1.54) is 0 Å². The minimum atomic E-state index is -0.282. The van der Waals surface area contributed by atoms with E-state index in [4.69, 9.17) is 26.9 Å². The molecule has 0 bridgehead atoms. The molecule has 1 unspecified atom stereocenters. The number of hydrogen-bond donors (Lipinski definition) is 2. The third-order valence-electron chi connectivity index (χ3n) is 4.24. The van der Waals surface area contributed by atoms with Crippen LogP contribution in [0.4, 0.5) is 0 Å². The first-order valence-electron chi connectivity index (χ1n) is 7.54. The van der Waals surface area contributed by atoms with E-state index in [1.54, 1.807) is 0 Å². The summed E-state index contributed by atoms with van der Waals surface area (Å²) < 4.78 is 11.6. The second-order valence-corrected chi connectivity index (χ2v) is 6.04. The Hall–Kier alpha value is -0.650. The van der Waals surface area contributed by atoms with Crippen molar-refractivity contribution >= 4 is 11.6 Å². The molecule has 1 atom stereocenters. The summed E-state index contributed by atoms with van der Waals surface area (Å²) in [5.41, 5.74) is 4.92. The molecule has 1 aromatic rings. The predicted octanol–water partition coefficient (Wildman–Crippen LogP) is 2.61. The fourth-order valence-corrected chi connectivity index (χ4v) is 3.34. The Bertz CT molecular complexity index is 456. The van der Waals surface area contributed by atoms with Crippen molar-refractivity contribution in [2.45, 2.75) is 44.8 Å². The largest absolute Gasteiger partial charge is 0.381 e. The molecular weight excluding hydrogens is 288 g/mol. The maximum atomic E-state index is 6.36. The van der Waals surface area contributed by atoms with E-state index >= 15 is 0 Å². The summed E-state index contributed by atoms with van der Waals surface area (Å²) >= 11 is 6.36. The Morgan fingerprint density at radius 1 is 1.43 bits per heavy atom. The van der Waals surface area contributed by atoms with Gasteiger partial charge in [0.25, 0.3) is 0 Å². The van der Waals surface area contributed by atoms with Gasteiger partial charge in [0.15, 0.2) is 0 Å². The lowest BCUT2D eigenvalue weighted by Gasteiger charge is -2.43. The highest BCUT2D eigenvalue weighted by molar-refractivity contribution is 6.31. The summed E-state index contributed by atoms with van der Waals surface area (Å²) in [5, 5.41) is 0.786. The molecule has 1 aromatic carbocycles. The van der Waals surface area contributed by atoms with Crippen molar-refractivity contribution in [3.05, 3.63) is 34.3 Å². The maximum absolute atomic E-state index is 6.36. The van der Waals surface area contributed by atoms with Crippen LogP contribution in [0.2, 0.25) is 5.02 Å². The summed E-state index contributed by atoms with van der Waals surface area (Å²) in [6, 6.07) is 6.15. The van der Waals surface area contributed by atoms with Gasteiger partial charge in [-0.2, -0.15) is 0 Å². The zero-order valence-electron chi connectivity index (χ0n) is 12.8. The molecule has 0 radical (unpaired) electrons. The maximum Gasteiger partial charge on any atom is 0.0895 e. The van der Waals surface area contributed by atoms with Crippen LogP contribution in [0, 0.1) is 6.92 Å². The van der Waals surface area contributed by atoms with Gasteiger partial charge in [-0.05, 0) is 37.5 Å². The molecule has 118 valence electrons. The average Bonchev–Trinajstić information content (AvgIpc) is 2.47. The van der Waals surface area contributed by atoms with Crippen LogP contribution in [0.15, 0.2) is 18.2 Å². The van der Waals surface area contributed by atoms with Gasteiger partial charge in [0.1, 0.15) is 0 Å². The Morgan fingerprint density at radius 2 is 2.14 bits per heavy atom. The number of halogens is 1. The second kappa shape index (κ2) is 7.56. The Labute approximate surface area is 131 Å². The molecule has 1 aliphatic heterocycles. The summed E-state index contributed by atoms with van der Waals surface area (Å²) in [6.45, 7) is 6.14. The normalized spacial score (nSPS) is 19.4.